The van der Waals surface area contributed by atoms with Crippen LogP contribution in [-0.2, 0) is 13.1 Å². The molecular formula is C18H18Cl2N4OS. The van der Waals surface area contributed by atoms with Crippen molar-refractivity contribution in [1.29, 1.82) is 0 Å². The van der Waals surface area contributed by atoms with Crippen LogP contribution in [-0.4, -0.2) is 46.1 Å². The summed E-state index contributed by atoms with van der Waals surface area (Å²) in [7, 11) is 0. The van der Waals surface area contributed by atoms with Crippen LogP contribution in [0.15, 0.2) is 40.9 Å². The zero-order valence-electron chi connectivity index (χ0n) is 14.1. The number of benzene rings is 1. The molecule has 0 spiro atoms. The molecule has 4 rings (SSSR count). The molecule has 2 aromatic heterocycles. The van der Waals surface area contributed by atoms with Gasteiger partial charge in [0.2, 0.25) is 11.7 Å². The Morgan fingerprint density at radius 2 is 1.62 bits per heavy atom. The van der Waals surface area contributed by atoms with Gasteiger partial charge in [-0.05, 0) is 36.4 Å². The van der Waals surface area contributed by atoms with E-state index in [1.807, 2.05) is 30.3 Å². The standard InChI is InChI=1S/C18H18Cl2N4OS/c19-14-3-1-13(2-4-14)18-21-17(25-22-18)12-24-9-7-23(8-10-24)11-15-5-6-16(20)26-15/h1-6H,7-12H2. The van der Waals surface area contributed by atoms with Crippen molar-refractivity contribution in [3.8, 4) is 11.4 Å². The molecule has 0 bridgehead atoms. The third-order valence-corrected chi connectivity index (χ3v) is 5.87. The van der Waals surface area contributed by atoms with E-state index in [-0.39, 0.29) is 0 Å². The van der Waals surface area contributed by atoms with Crippen molar-refractivity contribution in [2.75, 3.05) is 26.2 Å². The first-order chi connectivity index (χ1) is 12.7. The molecule has 1 aliphatic rings. The van der Waals surface area contributed by atoms with Gasteiger partial charge in [0.1, 0.15) is 0 Å². The van der Waals surface area contributed by atoms with Crippen LogP contribution < -0.4 is 0 Å². The van der Waals surface area contributed by atoms with Crippen LogP contribution >= 0.6 is 34.5 Å². The van der Waals surface area contributed by atoms with Crippen LogP contribution in [0.4, 0.5) is 0 Å². The van der Waals surface area contributed by atoms with Gasteiger partial charge in [-0.2, -0.15) is 4.98 Å². The van der Waals surface area contributed by atoms with E-state index >= 15 is 0 Å². The highest BCUT2D eigenvalue weighted by Gasteiger charge is 2.20. The summed E-state index contributed by atoms with van der Waals surface area (Å²) in [5.74, 6) is 1.25. The molecule has 3 heterocycles. The minimum atomic E-state index is 0.602. The zero-order valence-corrected chi connectivity index (χ0v) is 16.4. The lowest BCUT2D eigenvalue weighted by Gasteiger charge is -2.33. The van der Waals surface area contributed by atoms with Crippen LogP contribution in [0.1, 0.15) is 10.8 Å². The smallest absolute Gasteiger partial charge is 0.241 e. The Balaban J connectivity index is 1.30. The minimum absolute atomic E-state index is 0.602. The Morgan fingerprint density at radius 1 is 0.923 bits per heavy atom. The summed E-state index contributed by atoms with van der Waals surface area (Å²) >= 11 is 13.6. The Hall–Kier alpha value is -1.44. The number of nitrogens with zero attached hydrogens (tertiary/aromatic N) is 4. The van der Waals surface area contributed by atoms with Crippen molar-refractivity contribution in [1.82, 2.24) is 19.9 Å². The summed E-state index contributed by atoms with van der Waals surface area (Å²) in [4.78, 5) is 10.6. The Kier molecular flexibility index (Phi) is 5.57. The van der Waals surface area contributed by atoms with Gasteiger partial charge in [0.25, 0.3) is 0 Å². The third-order valence-electron chi connectivity index (χ3n) is 4.40. The monoisotopic (exact) mass is 408 g/mol. The molecule has 1 saturated heterocycles. The molecule has 0 amide bonds. The highest BCUT2D eigenvalue weighted by atomic mass is 35.5. The quantitative estimate of drug-likeness (QED) is 0.624. The molecule has 8 heteroatoms. The average molecular weight is 409 g/mol. The fraction of sp³-hybridized carbons (Fsp3) is 0.333. The fourth-order valence-electron chi connectivity index (χ4n) is 2.99. The molecule has 0 atom stereocenters. The second-order valence-electron chi connectivity index (χ2n) is 6.28. The minimum Gasteiger partial charge on any atom is -0.338 e. The van der Waals surface area contributed by atoms with E-state index in [2.05, 4.69) is 26.0 Å². The molecule has 1 aliphatic heterocycles. The number of hydrogen-bond acceptors (Lipinski definition) is 6. The molecule has 5 nitrogen and oxygen atoms in total. The van der Waals surface area contributed by atoms with Crippen LogP contribution in [0.2, 0.25) is 9.36 Å². The molecule has 0 radical (unpaired) electrons. The molecule has 3 aromatic rings. The second-order valence-corrected chi connectivity index (χ2v) is 8.51. The molecule has 1 aromatic carbocycles. The number of halogens is 2. The summed E-state index contributed by atoms with van der Waals surface area (Å²) in [6.45, 7) is 5.66. The lowest BCUT2D eigenvalue weighted by Crippen LogP contribution is -2.45. The van der Waals surface area contributed by atoms with E-state index in [4.69, 9.17) is 27.7 Å². The molecule has 0 unspecified atom stereocenters. The molecule has 26 heavy (non-hydrogen) atoms. The SMILES string of the molecule is Clc1ccc(-c2noc(CN3CCN(Cc4ccc(Cl)s4)CC3)n2)cc1. The first-order valence-electron chi connectivity index (χ1n) is 8.43. The summed E-state index contributed by atoms with van der Waals surface area (Å²) < 4.78 is 6.27. The number of hydrogen-bond donors (Lipinski definition) is 0. The first kappa shape index (κ1) is 17.9. The molecule has 0 N–H and O–H groups in total. The van der Waals surface area contributed by atoms with Crippen LogP contribution in [0.5, 0.6) is 0 Å². The van der Waals surface area contributed by atoms with Gasteiger partial charge >= 0.3 is 0 Å². The molecule has 0 aliphatic carbocycles. The number of piperazine rings is 1. The summed E-state index contributed by atoms with van der Waals surface area (Å²) in [6.07, 6.45) is 0. The topological polar surface area (TPSA) is 45.4 Å². The summed E-state index contributed by atoms with van der Waals surface area (Å²) in [5, 5.41) is 4.77. The van der Waals surface area contributed by atoms with Crippen molar-refractivity contribution in [3.05, 3.63) is 56.5 Å². The van der Waals surface area contributed by atoms with E-state index < -0.39 is 0 Å². The van der Waals surface area contributed by atoms with Crippen LogP contribution in [0.3, 0.4) is 0 Å². The Labute approximate surface area is 166 Å². The zero-order chi connectivity index (χ0) is 17.9. The van der Waals surface area contributed by atoms with Gasteiger partial charge in [0.05, 0.1) is 10.9 Å². The van der Waals surface area contributed by atoms with E-state index in [0.29, 0.717) is 23.3 Å². The summed E-state index contributed by atoms with van der Waals surface area (Å²) in [6, 6.07) is 11.5. The van der Waals surface area contributed by atoms with Gasteiger partial charge in [-0.3, -0.25) is 9.80 Å². The highest BCUT2D eigenvalue weighted by Crippen LogP contribution is 2.23. The fourth-order valence-corrected chi connectivity index (χ4v) is 4.25. The van der Waals surface area contributed by atoms with Crippen molar-refractivity contribution < 1.29 is 4.52 Å². The molecule has 1 fully saturated rings. The predicted octanol–water partition coefficient (Wildman–Crippen LogP) is 4.42. The van der Waals surface area contributed by atoms with Gasteiger partial charge in [0.15, 0.2) is 0 Å². The molecular weight excluding hydrogens is 391 g/mol. The maximum atomic E-state index is 6.01. The van der Waals surface area contributed by atoms with Crippen LogP contribution in [0.25, 0.3) is 11.4 Å². The lowest BCUT2D eigenvalue weighted by molar-refractivity contribution is 0.113. The lowest BCUT2D eigenvalue weighted by atomic mass is 10.2. The Morgan fingerprint density at radius 3 is 2.27 bits per heavy atom. The largest absolute Gasteiger partial charge is 0.338 e. The second kappa shape index (κ2) is 8.06. The first-order valence-corrected chi connectivity index (χ1v) is 10.0. The predicted molar refractivity (Wildman–Crippen MR) is 105 cm³/mol. The van der Waals surface area contributed by atoms with Gasteiger partial charge in [-0.15, -0.1) is 11.3 Å². The maximum absolute atomic E-state index is 6.01. The van der Waals surface area contributed by atoms with Gasteiger partial charge in [-0.1, -0.05) is 28.4 Å². The van der Waals surface area contributed by atoms with E-state index in [1.165, 1.54) is 4.88 Å². The van der Waals surface area contributed by atoms with Crippen LogP contribution in [0, 0.1) is 0 Å². The van der Waals surface area contributed by atoms with Crippen molar-refractivity contribution in [2.45, 2.75) is 13.1 Å². The van der Waals surface area contributed by atoms with E-state index in [9.17, 15) is 0 Å². The van der Waals surface area contributed by atoms with Crippen molar-refractivity contribution >= 4 is 34.5 Å². The Bertz CT molecular complexity index is 856. The summed E-state index contributed by atoms with van der Waals surface area (Å²) in [5.41, 5.74) is 0.906. The third kappa shape index (κ3) is 4.45. The highest BCUT2D eigenvalue weighted by molar-refractivity contribution is 7.16. The maximum Gasteiger partial charge on any atom is 0.241 e. The van der Waals surface area contributed by atoms with Crippen molar-refractivity contribution in [3.63, 3.8) is 0 Å². The number of aromatic nitrogens is 2. The van der Waals surface area contributed by atoms with Gasteiger partial charge < -0.3 is 4.52 Å². The van der Waals surface area contributed by atoms with E-state index in [0.717, 1.165) is 42.6 Å². The van der Waals surface area contributed by atoms with Gasteiger partial charge in [-0.25, -0.2) is 0 Å². The normalized spacial score (nSPS) is 16.2. The average Bonchev–Trinajstić information content (AvgIpc) is 3.26. The molecule has 136 valence electrons. The van der Waals surface area contributed by atoms with E-state index in [1.54, 1.807) is 11.3 Å². The molecule has 0 saturated carbocycles. The van der Waals surface area contributed by atoms with Crippen molar-refractivity contribution in [2.24, 2.45) is 0 Å². The van der Waals surface area contributed by atoms with Gasteiger partial charge in [0, 0.05) is 48.2 Å². The number of rotatable bonds is 5. The number of thiophene rings is 1.